The highest BCUT2D eigenvalue weighted by molar-refractivity contribution is 7.10. The van der Waals surface area contributed by atoms with Crippen molar-refractivity contribution < 1.29 is 9.69 Å². The summed E-state index contributed by atoms with van der Waals surface area (Å²) in [5.74, 6) is 0. The van der Waals surface area contributed by atoms with Crippen LogP contribution in [0.2, 0.25) is 0 Å². The van der Waals surface area contributed by atoms with E-state index in [0.717, 1.165) is 19.4 Å². The maximum Gasteiger partial charge on any atom is 0.315 e. The molecule has 2 heterocycles. The number of thiophene rings is 1. The van der Waals surface area contributed by atoms with Crippen LogP contribution in [0.4, 0.5) is 4.79 Å². The minimum Gasteiger partial charge on any atom is -0.335 e. The molecule has 1 saturated carbocycles. The van der Waals surface area contributed by atoms with Crippen LogP contribution >= 0.6 is 11.3 Å². The Labute approximate surface area is 137 Å². The number of hydrogen-bond donors (Lipinski definition) is 3. The SMILES string of the molecule is O=C(NC[C@@H](c1cccs1)[NH+]1CCCC1)NC1CCCCC1. The summed E-state index contributed by atoms with van der Waals surface area (Å²) in [5.41, 5.74) is 0. The fourth-order valence-electron chi connectivity index (χ4n) is 3.79. The van der Waals surface area contributed by atoms with Crippen LogP contribution in [0, 0.1) is 0 Å². The molecule has 22 heavy (non-hydrogen) atoms. The van der Waals surface area contributed by atoms with Crippen LogP contribution in [-0.4, -0.2) is 31.7 Å². The van der Waals surface area contributed by atoms with Crippen LogP contribution in [0.5, 0.6) is 0 Å². The lowest BCUT2D eigenvalue weighted by atomic mass is 9.96. The van der Waals surface area contributed by atoms with Crippen molar-refractivity contribution in [2.24, 2.45) is 0 Å². The number of carbonyl (C=O) groups is 1. The highest BCUT2D eigenvalue weighted by atomic mass is 32.1. The number of urea groups is 1. The molecule has 5 heteroatoms. The van der Waals surface area contributed by atoms with Gasteiger partial charge in [-0.1, -0.05) is 25.3 Å². The number of nitrogens with one attached hydrogen (secondary N) is 3. The number of carbonyl (C=O) groups excluding carboxylic acids is 1. The topological polar surface area (TPSA) is 45.6 Å². The lowest BCUT2D eigenvalue weighted by molar-refractivity contribution is -0.918. The molecule has 2 amide bonds. The normalized spacial score (nSPS) is 21.6. The summed E-state index contributed by atoms with van der Waals surface area (Å²) in [6.45, 7) is 3.21. The van der Waals surface area contributed by atoms with Crippen molar-refractivity contribution in [2.45, 2.75) is 57.0 Å². The summed E-state index contributed by atoms with van der Waals surface area (Å²) in [6, 6.07) is 5.14. The van der Waals surface area contributed by atoms with Crippen molar-refractivity contribution >= 4 is 17.4 Å². The Bertz CT molecular complexity index is 450. The van der Waals surface area contributed by atoms with Crippen LogP contribution in [-0.2, 0) is 0 Å². The molecule has 0 bridgehead atoms. The minimum atomic E-state index is 0.0204. The fraction of sp³-hybridized carbons (Fsp3) is 0.706. The smallest absolute Gasteiger partial charge is 0.315 e. The molecular weight excluding hydrogens is 294 g/mol. The molecule has 1 aromatic rings. The Morgan fingerprint density at radius 2 is 2.00 bits per heavy atom. The monoisotopic (exact) mass is 322 g/mol. The van der Waals surface area contributed by atoms with Gasteiger partial charge in [-0.05, 0) is 24.3 Å². The fourth-order valence-corrected chi connectivity index (χ4v) is 4.68. The number of hydrogen-bond acceptors (Lipinski definition) is 2. The van der Waals surface area contributed by atoms with E-state index in [0.29, 0.717) is 12.1 Å². The number of rotatable bonds is 5. The third-order valence-electron chi connectivity index (χ3n) is 5.03. The first kappa shape index (κ1) is 15.8. The van der Waals surface area contributed by atoms with Crippen molar-refractivity contribution in [3.05, 3.63) is 22.4 Å². The van der Waals surface area contributed by atoms with Gasteiger partial charge in [0, 0.05) is 18.9 Å². The summed E-state index contributed by atoms with van der Waals surface area (Å²) in [6.07, 6.45) is 8.72. The van der Waals surface area contributed by atoms with Gasteiger partial charge >= 0.3 is 6.03 Å². The second-order valence-corrected chi connectivity index (χ2v) is 7.60. The summed E-state index contributed by atoms with van der Waals surface area (Å²) >= 11 is 1.81. The molecular formula is C17H28N3OS+. The summed E-state index contributed by atoms with van der Waals surface area (Å²) in [4.78, 5) is 15.2. The van der Waals surface area contributed by atoms with Gasteiger partial charge in [-0.25, -0.2) is 4.79 Å². The summed E-state index contributed by atoms with van der Waals surface area (Å²) in [7, 11) is 0. The van der Waals surface area contributed by atoms with Gasteiger partial charge in [0.2, 0.25) is 0 Å². The number of likely N-dealkylation sites (tertiary alicyclic amines) is 1. The van der Waals surface area contributed by atoms with Crippen molar-refractivity contribution in [3.63, 3.8) is 0 Å². The Kier molecular flexibility index (Phi) is 5.73. The van der Waals surface area contributed by atoms with Crippen LogP contribution < -0.4 is 15.5 Å². The molecule has 1 aliphatic heterocycles. The van der Waals surface area contributed by atoms with E-state index >= 15 is 0 Å². The van der Waals surface area contributed by atoms with E-state index in [4.69, 9.17) is 0 Å². The van der Waals surface area contributed by atoms with E-state index in [1.807, 2.05) is 11.3 Å². The van der Waals surface area contributed by atoms with Gasteiger partial charge in [0.05, 0.1) is 24.5 Å². The molecule has 1 saturated heterocycles. The second-order valence-electron chi connectivity index (χ2n) is 6.62. The summed E-state index contributed by atoms with van der Waals surface area (Å²) in [5, 5.41) is 8.42. The van der Waals surface area contributed by atoms with Gasteiger partial charge in [0.1, 0.15) is 6.04 Å². The maximum atomic E-state index is 12.2. The average Bonchev–Trinajstić information content (AvgIpc) is 3.22. The van der Waals surface area contributed by atoms with E-state index in [2.05, 4.69) is 28.1 Å². The third kappa shape index (κ3) is 4.23. The Hall–Kier alpha value is -1.07. The number of quaternary nitrogens is 1. The first-order chi connectivity index (χ1) is 10.8. The van der Waals surface area contributed by atoms with E-state index < -0.39 is 0 Å². The lowest BCUT2D eigenvalue weighted by Gasteiger charge is -2.26. The first-order valence-electron chi connectivity index (χ1n) is 8.75. The molecule has 0 radical (unpaired) electrons. The molecule has 0 spiro atoms. The standard InChI is InChI=1S/C17H27N3OS/c21-17(19-14-7-2-1-3-8-14)18-13-15(16-9-6-12-22-16)20-10-4-5-11-20/h6,9,12,14-15H,1-5,7-8,10-11,13H2,(H2,18,19,21)/p+1/t15-/m0/s1. The van der Waals surface area contributed by atoms with Crippen LogP contribution in [0.3, 0.4) is 0 Å². The zero-order valence-electron chi connectivity index (χ0n) is 13.3. The van der Waals surface area contributed by atoms with Gasteiger partial charge in [-0.2, -0.15) is 0 Å². The molecule has 1 aliphatic carbocycles. The molecule has 1 atom stereocenters. The summed E-state index contributed by atoms with van der Waals surface area (Å²) < 4.78 is 0. The predicted octanol–water partition coefficient (Wildman–Crippen LogP) is 2.10. The van der Waals surface area contributed by atoms with Gasteiger partial charge in [-0.15, -0.1) is 11.3 Å². The van der Waals surface area contributed by atoms with Crippen molar-refractivity contribution in [3.8, 4) is 0 Å². The molecule has 122 valence electrons. The molecule has 0 unspecified atom stereocenters. The van der Waals surface area contributed by atoms with Gasteiger partial charge in [-0.3, -0.25) is 0 Å². The molecule has 3 rings (SSSR count). The van der Waals surface area contributed by atoms with Crippen molar-refractivity contribution in [1.82, 2.24) is 10.6 Å². The zero-order valence-corrected chi connectivity index (χ0v) is 14.1. The molecule has 1 aromatic heterocycles. The second kappa shape index (κ2) is 7.97. The van der Waals surface area contributed by atoms with Crippen molar-refractivity contribution in [1.29, 1.82) is 0 Å². The Morgan fingerprint density at radius 1 is 1.23 bits per heavy atom. The van der Waals surface area contributed by atoms with Gasteiger partial charge in [0.25, 0.3) is 0 Å². The maximum absolute atomic E-state index is 12.2. The third-order valence-corrected chi connectivity index (χ3v) is 6.02. The van der Waals surface area contributed by atoms with Gasteiger partial charge < -0.3 is 15.5 Å². The quantitative estimate of drug-likeness (QED) is 0.764. The molecule has 0 aromatic carbocycles. The molecule has 4 nitrogen and oxygen atoms in total. The van der Waals surface area contributed by atoms with Gasteiger partial charge in [0.15, 0.2) is 0 Å². The van der Waals surface area contributed by atoms with Crippen LogP contribution in [0.1, 0.15) is 55.9 Å². The van der Waals surface area contributed by atoms with E-state index in [-0.39, 0.29) is 6.03 Å². The first-order valence-corrected chi connectivity index (χ1v) is 9.63. The Balaban J connectivity index is 1.51. The molecule has 2 aliphatic rings. The van der Waals surface area contributed by atoms with Crippen LogP contribution in [0.15, 0.2) is 17.5 Å². The van der Waals surface area contributed by atoms with Crippen molar-refractivity contribution in [2.75, 3.05) is 19.6 Å². The van der Waals surface area contributed by atoms with E-state index in [1.165, 1.54) is 50.1 Å². The average molecular weight is 322 g/mol. The highest BCUT2D eigenvalue weighted by Crippen LogP contribution is 2.18. The van der Waals surface area contributed by atoms with E-state index in [1.54, 1.807) is 4.90 Å². The predicted molar refractivity (Wildman–Crippen MR) is 90.4 cm³/mol. The van der Waals surface area contributed by atoms with Crippen LogP contribution in [0.25, 0.3) is 0 Å². The molecule has 3 N–H and O–H groups in total. The minimum absolute atomic E-state index is 0.0204. The Morgan fingerprint density at radius 3 is 2.68 bits per heavy atom. The molecule has 2 fully saturated rings. The van der Waals surface area contributed by atoms with E-state index in [9.17, 15) is 4.79 Å². The number of amides is 2. The lowest BCUT2D eigenvalue weighted by Crippen LogP contribution is -3.11. The highest BCUT2D eigenvalue weighted by Gasteiger charge is 2.28. The zero-order chi connectivity index (χ0) is 15.2. The largest absolute Gasteiger partial charge is 0.335 e.